The quantitative estimate of drug-likeness (QED) is 0.615. The molecule has 16 heavy (non-hydrogen) atoms. The van der Waals surface area contributed by atoms with Crippen LogP contribution in [0.2, 0.25) is 0 Å². The molecule has 0 radical (unpaired) electrons. The van der Waals surface area contributed by atoms with E-state index in [2.05, 4.69) is 10.6 Å². The van der Waals surface area contributed by atoms with E-state index in [9.17, 15) is 18.0 Å². The van der Waals surface area contributed by atoms with Crippen molar-refractivity contribution in [2.24, 2.45) is 0 Å². The Hall–Kier alpha value is -0.820. The van der Waals surface area contributed by atoms with E-state index in [0.29, 0.717) is 26.2 Å². The van der Waals surface area contributed by atoms with E-state index < -0.39 is 24.9 Å². The van der Waals surface area contributed by atoms with E-state index in [0.717, 1.165) is 0 Å². The first-order valence-electron chi connectivity index (χ1n) is 4.99. The average molecular weight is 242 g/mol. The van der Waals surface area contributed by atoms with Crippen LogP contribution in [0.25, 0.3) is 0 Å². The Bertz CT molecular complexity index is 198. The highest BCUT2D eigenvalue weighted by Gasteiger charge is 2.27. The van der Waals surface area contributed by atoms with Gasteiger partial charge in [-0.1, -0.05) is 0 Å². The molecule has 0 aliphatic rings. The van der Waals surface area contributed by atoms with Gasteiger partial charge in [0, 0.05) is 33.2 Å². The van der Waals surface area contributed by atoms with Gasteiger partial charge in [-0.2, -0.15) is 13.2 Å². The Balaban J connectivity index is 3.31. The molecule has 0 atom stereocenters. The number of rotatable bonds is 8. The highest BCUT2D eigenvalue weighted by atomic mass is 19.4. The molecule has 0 rings (SSSR count). The molecule has 4 nitrogen and oxygen atoms in total. The second kappa shape index (κ2) is 8.35. The standard InChI is InChI=1S/C9H17F3N2O2/c1-16-7-6-13-4-5-14-8(15)2-3-9(10,11)12/h13H,2-7H2,1H3,(H,14,15). The van der Waals surface area contributed by atoms with Crippen LogP contribution in [0.5, 0.6) is 0 Å². The molecule has 96 valence electrons. The third-order valence-electron chi connectivity index (χ3n) is 1.74. The lowest BCUT2D eigenvalue weighted by atomic mass is 10.3. The van der Waals surface area contributed by atoms with Crippen molar-refractivity contribution >= 4 is 5.91 Å². The molecule has 0 saturated heterocycles. The van der Waals surface area contributed by atoms with Crippen LogP contribution in [-0.2, 0) is 9.53 Å². The molecule has 0 aromatic heterocycles. The zero-order chi connectivity index (χ0) is 12.4. The highest BCUT2D eigenvalue weighted by molar-refractivity contribution is 5.75. The van der Waals surface area contributed by atoms with Crippen molar-refractivity contribution in [3.63, 3.8) is 0 Å². The summed E-state index contributed by atoms with van der Waals surface area (Å²) < 4.78 is 40.0. The third-order valence-corrected chi connectivity index (χ3v) is 1.74. The van der Waals surface area contributed by atoms with Gasteiger partial charge in [0.1, 0.15) is 0 Å². The van der Waals surface area contributed by atoms with Crippen molar-refractivity contribution in [2.75, 3.05) is 33.4 Å². The zero-order valence-corrected chi connectivity index (χ0v) is 9.19. The van der Waals surface area contributed by atoms with Crippen LogP contribution in [0.1, 0.15) is 12.8 Å². The largest absolute Gasteiger partial charge is 0.389 e. The number of ether oxygens (including phenoxy) is 1. The van der Waals surface area contributed by atoms with Crippen molar-refractivity contribution in [3.8, 4) is 0 Å². The molecule has 0 saturated carbocycles. The number of alkyl halides is 3. The molecular weight excluding hydrogens is 225 g/mol. The predicted octanol–water partition coefficient (Wildman–Crippen LogP) is 0.681. The van der Waals surface area contributed by atoms with Crippen LogP contribution in [0, 0.1) is 0 Å². The maximum absolute atomic E-state index is 11.7. The van der Waals surface area contributed by atoms with Gasteiger partial charge in [0.15, 0.2) is 0 Å². The molecule has 0 bridgehead atoms. The van der Waals surface area contributed by atoms with Crippen LogP contribution in [0.3, 0.4) is 0 Å². The number of carbonyl (C=O) groups is 1. The van der Waals surface area contributed by atoms with Crippen LogP contribution in [-0.4, -0.2) is 45.4 Å². The fourth-order valence-corrected chi connectivity index (χ4v) is 0.933. The van der Waals surface area contributed by atoms with E-state index in [4.69, 9.17) is 4.74 Å². The van der Waals surface area contributed by atoms with Gasteiger partial charge >= 0.3 is 6.18 Å². The molecule has 0 aliphatic carbocycles. The lowest BCUT2D eigenvalue weighted by Crippen LogP contribution is -2.33. The smallest absolute Gasteiger partial charge is 0.383 e. The number of hydrogen-bond donors (Lipinski definition) is 2. The maximum atomic E-state index is 11.7. The van der Waals surface area contributed by atoms with E-state index in [-0.39, 0.29) is 0 Å². The Morgan fingerprint density at radius 1 is 1.25 bits per heavy atom. The summed E-state index contributed by atoms with van der Waals surface area (Å²) in [7, 11) is 1.57. The first-order chi connectivity index (χ1) is 7.45. The fraction of sp³-hybridized carbons (Fsp3) is 0.889. The molecule has 0 aliphatic heterocycles. The lowest BCUT2D eigenvalue weighted by molar-refractivity contribution is -0.144. The Labute approximate surface area is 92.5 Å². The van der Waals surface area contributed by atoms with Gasteiger partial charge in [-0.05, 0) is 0 Å². The van der Waals surface area contributed by atoms with Crippen molar-refractivity contribution in [3.05, 3.63) is 0 Å². The van der Waals surface area contributed by atoms with Crippen molar-refractivity contribution in [1.29, 1.82) is 0 Å². The second-order valence-corrected chi connectivity index (χ2v) is 3.21. The molecule has 2 N–H and O–H groups in total. The molecule has 0 spiro atoms. The second-order valence-electron chi connectivity index (χ2n) is 3.21. The summed E-state index contributed by atoms with van der Waals surface area (Å²) in [5.74, 6) is -0.578. The molecule has 0 aromatic carbocycles. The number of carbonyl (C=O) groups excluding carboxylic acids is 1. The normalized spacial score (nSPS) is 11.5. The molecule has 0 heterocycles. The summed E-state index contributed by atoms with van der Waals surface area (Å²) in [4.78, 5) is 10.9. The molecular formula is C9H17F3N2O2. The van der Waals surface area contributed by atoms with Gasteiger partial charge in [0.25, 0.3) is 0 Å². The molecule has 0 fully saturated rings. The van der Waals surface area contributed by atoms with E-state index in [1.165, 1.54) is 0 Å². The van der Waals surface area contributed by atoms with E-state index >= 15 is 0 Å². The van der Waals surface area contributed by atoms with Gasteiger partial charge in [-0.3, -0.25) is 4.79 Å². The summed E-state index contributed by atoms with van der Waals surface area (Å²) in [5.41, 5.74) is 0. The fourth-order valence-electron chi connectivity index (χ4n) is 0.933. The minimum absolute atomic E-state index is 0.320. The summed E-state index contributed by atoms with van der Waals surface area (Å²) in [6.45, 7) is 2.04. The first kappa shape index (κ1) is 15.2. The van der Waals surface area contributed by atoms with Gasteiger partial charge in [-0.25, -0.2) is 0 Å². The zero-order valence-electron chi connectivity index (χ0n) is 9.19. The molecule has 0 unspecified atom stereocenters. The van der Waals surface area contributed by atoms with Crippen LogP contribution in [0.4, 0.5) is 13.2 Å². The molecule has 7 heteroatoms. The minimum Gasteiger partial charge on any atom is -0.383 e. The number of methoxy groups -OCH3 is 1. The van der Waals surface area contributed by atoms with Gasteiger partial charge in [-0.15, -0.1) is 0 Å². The van der Waals surface area contributed by atoms with Crippen LogP contribution >= 0.6 is 0 Å². The summed E-state index contributed by atoms with van der Waals surface area (Å²) in [6.07, 6.45) is -5.86. The van der Waals surface area contributed by atoms with Crippen LogP contribution in [0.15, 0.2) is 0 Å². The van der Waals surface area contributed by atoms with Crippen LogP contribution < -0.4 is 10.6 Å². The number of halogens is 3. The summed E-state index contributed by atoms with van der Waals surface area (Å²) >= 11 is 0. The Kier molecular flexibility index (Phi) is 7.92. The Morgan fingerprint density at radius 3 is 2.50 bits per heavy atom. The van der Waals surface area contributed by atoms with Crippen molar-refractivity contribution < 1.29 is 22.7 Å². The van der Waals surface area contributed by atoms with E-state index in [1.54, 1.807) is 7.11 Å². The monoisotopic (exact) mass is 242 g/mol. The highest BCUT2D eigenvalue weighted by Crippen LogP contribution is 2.20. The molecule has 0 aromatic rings. The van der Waals surface area contributed by atoms with Gasteiger partial charge < -0.3 is 15.4 Å². The van der Waals surface area contributed by atoms with Crippen molar-refractivity contribution in [1.82, 2.24) is 10.6 Å². The molecule has 1 amide bonds. The van der Waals surface area contributed by atoms with Gasteiger partial charge in [0.05, 0.1) is 13.0 Å². The van der Waals surface area contributed by atoms with E-state index in [1.807, 2.05) is 0 Å². The number of amides is 1. The van der Waals surface area contributed by atoms with Gasteiger partial charge in [0.2, 0.25) is 5.91 Å². The predicted molar refractivity (Wildman–Crippen MR) is 53.0 cm³/mol. The lowest BCUT2D eigenvalue weighted by Gasteiger charge is -2.08. The summed E-state index contributed by atoms with van der Waals surface area (Å²) in [6, 6.07) is 0. The van der Waals surface area contributed by atoms with Crippen molar-refractivity contribution in [2.45, 2.75) is 19.0 Å². The third kappa shape index (κ3) is 11.3. The SMILES string of the molecule is COCCNCCNC(=O)CCC(F)(F)F. The number of nitrogens with one attached hydrogen (secondary N) is 2. The number of hydrogen-bond acceptors (Lipinski definition) is 3. The minimum atomic E-state index is -4.27. The summed E-state index contributed by atoms with van der Waals surface area (Å²) in [5, 5.41) is 5.34. The topological polar surface area (TPSA) is 50.4 Å². The first-order valence-corrected chi connectivity index (χ1v) is 4.99. The average Bonchev–Trinajstić information content (AvgIpc) is 2.19. The Morgan fingerprint density at radius 2 is 1.94 bits per heavy atom. The maximum Gasteiger partial charge on any atom is 0.389 e.